The fraction of sp³-hybridized carbons (Fsp3) is 0.571. The molecule has 0 amide bonds. The molecule has 1 unspecified atom stereocenters. The number of rotatable bonds is 2. The monoisotopic (exact) mass is 174 g/mol. The fourth-order valence-corrected chi connectivity index (χ4v) is 2.15. The van der Waals surface area contributed by atoms with E-state index in [0.717, 1.165) is 4.91 Å². The summed E-state index contributed by atoms with van der Waals surface area (Å²) in [5.74, 6) is -0.0247. The number of carbonyl (C=O) groups is 1. The summed E-state index contributed by atoms with van der Waals surface area (Å²) >= 11 is 1.54. The standard InChI is InChI=1S/C7H10O3S/c1-4-6(10-2)5(3-11-4)7(8)9/h5H,3H2,1-2H3,(H,8,9). The van der Waals surface area contributed by atoms with Crippen LogP contribution in [0, 0.1) is 5.92 Å². The molecule has 0 bridgehead atoms. The Balaban J connectivity index is 2.80. The number of allylic oxidation sites excluding steroid dienone is 1. The van der Waals surface area contributed by atoms with Crippen molar-refractivity contribution in [2.75, 3.05) is 12.9 Å². The number of hydrogen-bond donors (Lipinski definition) is 1. The highest BCUT2D eigenvalue weighted by molar-refractivity contribution is 8.03. The second-order valence-corrected chi connectivity index (χ2v) is 3.56. The predicted octanol–water partition coefficient (Wildman–Crippen LogP) is 1.31. The molecule has 1 aliphatic heterocycles. The van der Waals surface area contributed by atoms with Gasteiger partial charge in [0, 0.05) is 10.7 Å². The lowest BCUT2D eigenvalue weighted by atomic mass is 10.1. The van der Waals surface area contributed by atoms with Crippen molar-refractivity contribution in [2.45, 2.75) is 6.92 Å². The molecule has 1 N–H and O–H groups in total. The molecule has 4 heteroatoms. The van der Waals surface area contributed by atoms with Gasteiger partial charge in [0.15, 0.2) is 0 Å². The summed E-state index contributed by atoms with van der Waals surface area (Å²) in [5.41, 5.74) is 0. The summed E-state index contributed by atoms with van der Waals surface area (Å²) in [4.78, 5) is 11.6. The minimum atomic E-state index is -0.800. The molecule has 1 rings (SSSR count). The van der Waals surface area contributed by atoms with Crippen molar-refractivity contribution < 1.29 is 14.6 Å². The fourth-order valence-electron chi connectivity index (χ4n) is 1.07. The van der Waals surface area contributed by atoms with Crippen molar-refractivity contribution in [3.05, 3.63) is 10.7 Å². The maximum Gasteiger partial charge on any atom is 0.315 e. The quantitative estimate of drug-likeness (QED) is 0.685. The number of methoxy groups -OCH3 is 1. The maximum absolute atomic E-state index is 10.6. The highest BCUT2D eigenvalue weighted by atomic mass is 32.2. The zero-order chi connectivity index (χ0) is 8.43. The minimum Gasteiger partial charge on any atom is -0.499 e. The normalized spacial score (nSPS) is 24.0. The molecule has 0 saturated carbocycles. The molecule has 0 spiro atoms. The zero-order valence-electron chi connectivity index (χ0n) is 6.46. The SMILES string of the molecule is COC1=C(C)SCC1C(=O)O. The maximum atomic E-state index is 10.6. The van der Waals surface area contributed by atoms with Crippen molar-refractivity contribution in [1.29, 1.82) is 0 Å². The van der Waals surface area contributed by atoms with Gasteiger partial charge in [-0.25, -0.2) is 0 Å². The summed E-state index contributed by atoms with van der Waals surface area (Å²) in [7, 11) is 1.51. The lowest BCUT2D eigenvalue weighted by Gasteiger charge is -2.07. The molecule has 0 aromatic rings. The highest BCUT2D eigenvalue weighted by Crippen LogP contribution is 2.35. The van der Waals surface area contributed by atoms with Gasteiger partial charge >= 0.3 is 5.97 Å². The molecule has 1 aliphatic rings. The summed E-state index contributed by atoms with van der Waals surface area (Å²) in [5, 5.41) is 8.71. The van der Waals surface area contributed by atoms with E-state index in [0.29, 0.717) is 11.5 Å². The number of carboxylic acid groups (broad SMARTS) is 1. The Hall–Kier alpha value is -0.640. The lowest BCUT2D eigenvalue weighted by Crippen LogP contribution is -2.16. The van der Waals surface area contributed by atoms with Crippen molar-refractivity contribution in [2.24, 2.45) is 5.92 Å². The molecule has 0 radical (unpaired) electrons. The number of hydrogen-bond acceptors (Lipinski definition) is 3. The lowest BCUT2D eigenvalue weighted by molar-refractivity contribution is -0.140. The molecule has 0 aromatic heterocycles. The Labute approximate surface area is 69.4 Å². The van der Waals surface area contributed by atoms with Crippen LogP contribution in [0.2, 0.25) is 0 Å². The average molecular weight is 174 g/mol. The Kier molecular flexibility index (Phi) is 2.44. The van der Waals surface area contributed by atoms with E-state index >= 15 is 0 Å². The first-order chi connectivity index (χ1) is 5.16. The van der Waals surface area contributed by atoms with E-state index in [2.05, 4.69) is 0 Å². The summed E-state index contributed by atoms with van der Waals surface area (Å²) < 4.78 is 4.98. The van der Waals surface area contributed by atoms with E-state index in [-0.39, 0.29) is 0 Å². The van der Waals surface area contributed by atoms with Crippen LogP contribution in [-0.4, -0.2) is 23.9 Å². The largest absolute Gasteiger partial charge is 0.499 e. The third-order valence-electron chi connectivity index (χ3n) is 1.65. The second kappa shape index (κ2) is 3.17. The van der Waals surface area contributed by atoms with Crippen molar-refractivity contribution >= 4 is 17.7 Å². The Morgan fingerprint density at radius 3 is 2.82 bits per heavy atom. The molecule has 3 nitrogen and oxygen atoms in total. The molecule has 0 aromatic carbocycles. The first-order valence-electron chi connectivity index (χ1n) is 3.27. The van der Waals surface area contributed by atoms with Crippen LogP contribution >= 0.6 is 11.8 Å². The molecule has 0 aliphatic carbocycles. The molecular weight excluding hydrogens is 164 g/mol. The average Bonchev–Trinajstić information content (AvgIpc) is 2.30. The van der Waals surface area contributed by atoms with Gasteiger partial charge < -0.3 is 9.84 Å². The van der Waals surface area contributed by atoms with Gasteiger partial charge in [0.1, 0.15) is 11.7 Å². The van der Waals surface area contributed by atoms with Gasteiger partial charge in [-0.3, -0.25) is 4.79 Å². The van der Waals surface area contributed by atoms with E-state index < -0.39 is 11.9 Å². The molecular formula is C7H10O3S. The van der Waals surface area contributed by atoms with Gasteiger partial charge in [0.05, 0.1) is 7.11 Å². The molecule has 0 saturated heterocycles. The van der Waals surface area contributed by atoms with Crippen LogP contribution in [0.3, 0.4) is 0 Å². The second-order valence-electron chi connectivity index (χ2n) is 2.33. The summed E-state index contributed by atoms with van der Waals surface area (Å²) in [6.45, 7) is 1.88. The van der Waals surface area contributed by atoms with Crippen molar-refractivity contribution in [1.82, 2.24) is 0 Å². The molecule has 62 valence electrons. The van der Waals surface area contributed by atoms with Crippen LogP contribution < -0.4 is 0 Å². The topological polar surface area (TPSA) is 46.5 Å². The van der Waals surface area contributed by atoms with E-state index in [1.165, 1.54) is 7.11 Å². The van der Waals surface area contributed by atoms with Gasteiger partial charge in [-0.05, 0) is 6.92 Å². The van der Waals surface area contributed by atoms with Gasteiger partial charge in [-0.15, -0.1) is 11.8 Å². The molecule has 1 atom stereocenters. The number of aliphatic carboxylic acids is 1. The Morgan fingerprint density at radius 2 is 2.45 bits per heavy atom. The minimum absolute atomic E-state index is 0.440. The third-order valence-corrected chi connectivity index (χ3v) is 2.78. The number of ether oxygens (including phenoxy) is 1. The van der Waals surface area contributed by atoms with E-state index in [4.69, 9.17) is 9.84 Å². The number of carboxylic acids is 1. The van der Waals surface area contributed by atoms with E-state index in [1.807, 2.05) is 6.92 Å². The molecule has 11 heavy (non-hydrogen) atoms. The molecule has 1 heterocycles. The third kappa shape index (κ3) is 1.50. The van der Waals surface area contributed by atoms with Crippen LogP contribution in [-0.2, 0) is 9.53 Å². The van der Waals surface area contributed by atoms with Gasteiger partial charge in [0.25, 0.3) is 0 Å². The van der Waals surface area contributed by atoms with Crippen molar-refractivity contribution in [3.8, 4) is 0 Å². The summed E-state index contributed by atoms with van der Waals surface area (Å²) in [6.07, 6.45) is 0. The van der Waals surface area contributed by atoms with Gasteiger partial charge in [-0.2, -0.15) is 0 Å². The van der Waals surface area contributed by atoms with E-state index in [1.54, 1.807) is 11.8 Å². The Bertz CT molecular complexity index is 210. The van der Waals surface area contributed by atoms with Crippen molar-refractivity contribution in [3.63, 3.8) is 0 Å². The van der Waals surface area contributed by atoms with Crippen LogP contribution in [0.1, 0.15) is 6.92 Å². The zero-order valence-corrected chi connectivity index (χ0v) is 7.27. The van der Waals surface area contributed by atoms with Gasteiger partial charge in [0.2, 0.25) is 0 Å². The van der Waals surface area contributed by atoms with Crippen LogP contribution in [0.4, 0.5) is 0 Å². The smallest absolute Gasteiger partial charge is 0.315 e. The Morgan fingerprint density at radius 1 is 1.82 bits per heavy atom. The van der Waals surface area contributed by atoms with Crippen LogP contribution in [0.15, 0.2) is 10.7 Å². The first-order valence-corrected chi connectivity index (χ1v) is 4.25. The van der Waals surface area contributed by atoms with Crippen LogP contribution in [0.5, 0.6) is 0 Å². The van der Waals surface area contributed by atoms with Crippen LogP contribution in [0.25, 0.3) is 0 Å². The van der Waals surface area contributed by atoms with E-state index in [9.17, 15) is 4.79 Å². The van der Waals surface area contributed by atoms with Gasteiger partial charge in [-0.1, -0.05) is 0 Å². The highest BCUT2D eigenvalue weighted by Gasteiger charge is 2.30. The molecule has 0 fully saturated rings. The predicted molar refractivity (Wildman–Crippen MR) is 43.3 cm³/mol. The first kappa shape index (κ1) is 8.46. The number of thioether (sulfide) groups is 1. The summed E-state index contributed by atoms with van der Waals surface area (Å²) in [6, 6.07) is 0.